The van der Waals surface area contributed by atoms with Crippen molar-refractivity contribution >= 4 is 29.0 Å². The van der Waals surface area contributed by atoms with Gasteiger partial charge in [0.2, 0.25) is 17.6 Å². The van der Waals surface area contributed by atoms with E-state index in [-0.39, 0.29) is 60.1 Å². The standard InChI is InChI=1S/C58H71N3O9/c1-36(2)30-51(61-58(67)46(32-43-20-26-48(64)27-21-43)34-52(65)50(60-40(6)62)28-22-41-14-11-10-12-15-41)53(66)33-45(31-42-18-24-47(63)25-19-42)39(5)59-29-13-16-49-38(4)37(3)17-23-44-35-54(68-7)56(69-8)57(70-9)55(44)49/h10-16,18-21,24-27,29,35-37,45-46,50-51,59,63-64H,4-5,17,22-23,28,30-34H2,1-3,6-9H3,(H,60,62)(H,61,67)/b29-13+,49-16+/t37-,45+,46+,50-,51-/m0/s1. The van der Waals surface area contributed by atoms with Crippen LogP contribution in [0.1, 0.15) is 87.6 Å². The Morgan fingerprint density at radius 3 is 1.93 bits per heavy atom. The average molecular weight is 954 g/mol. The van der Waals surface area contributed by atoms with Crippen LogP contribution >= 0.6 is 0 Å². The molecular weight excluding hydrogens is 883 g/mol. The van der Waals surface area contributed by atoms with Crippen LogP contribution in [0.4, 0.5) is 0 Å². The maximum absolute atomic E-state index is 14.6. The Labute approximate surface area is 413 Å². The molecule has 0 spiro atoms. The summed E-state index contributed by atoms with van der Waals surface area (Å²) in [6.07, 6.45) is 8.93. The van der Waals surface area contributed by atoms with Crippen molar-refractivity contribution in [2.75, 3.05) is 21.3 Å². The highest BCUT2D eigenvalue weighted by Crippen LogP contribution is 2.49. The zero-order valence-corrected chi connectivity index (χ0v) is 41.8. The lowest BCUT2D eigenvalue weighted by Gasteiger charge is -2.27. The topological polar surface area (TPSA) is 173 Å². The van der Waals surface area contributed by atoms with E-state index in [1.165, 1.54) is 19.1 Å². The summed E-state index contributed by atoms with van der Waals surface area (Å²) in [5.74, 6) is -0.614. The summed E-state index contributed by atoms with van der Waals surface area (Å²) in [5, 5.41) is 29.3. The molecule has 12 nitrogen and oxygen atoms in total. The highest BCUT2D eigenvalue weighted by molar-refractivity contribution is 5.94. The molecule has 0 bridgehead atoms. The summed E-state index contributed by atoms with van der Waals surface area (Å²) >= 11 is 0. The first-order valence-corrected chi connectivity index (χ1v) is 24.1. The Bertz CT molecular complexity index is 2510. The van der Waals surface area contributed by atoms with Gasteiger partial charge in [0, 0.05) is 49.1 Å². The van der Waals surface area contributed by atoms with Gasteiger partial charge in [-0.15, -0.1) is 0 Å². The highest BCUT2D eigenvalue weighted by atomic mass is 16.5. The number of aryl methyl sites for hydroxylation is 2. The van der Waals surface area contributed by atoms with Gasteiger partial charge in [-0.3, -0.25) is 19.2 Å². The van der Waals surface area contributed by atoms with Crippen LogP contribution in [-0.2, 0) is 44.9 Å². The molecule has 0 saturated carbocycles. The van der Waals surface area contributed by atoms with E-state index in [0.29, 0.717) is 48.6 Å². The van der Waals surface area contributed by atoms with Gasteiger partial charge in [-0.2, -0.15) is 0 Å². The summed E-state index contributed by atoms with van der Waals surface area (Å²) in [4.78, 5) is 55.6. The lowest BCUT2D eigenvalue weighted by Crippen LogP contribution is -2.47. The second-order valence-electron chi connectivity index (χ2n) is 18.7. The molecule has 0 unspecified atom stereocenters. The number of methoxy groups -OCH3 is 3. The number of hydrogen-bond acceptors (Lipinski definition) is 10. The van der Waals surface area contributed by atoms with E-state index in [1.54, 1.807) is 63.9 Å². The molecule has 1 aliphatic rings. The molecule has 372 valence electrons. The van der Waals surface area contributed by atoms with E-state index < -0.39 is 29.8 Å². The van der Waals surface area contributed by atoms with Crippen molar-refractivity contribution in [3.8, 4) is 28.7 Å². The van der Waals surface area contributed by atoms with Crippen molar-refractivity contribution in [1.82, 2.24) is 16.0 Å². The number of phenolic OH excluding ortho intramolecular Hbond substituents is 2. The Hall–Kier alpha value is -7.08. The fourth-order valence-electron chi connectivity index (χ4n) is 9.01. The molecule has 1 aliphatic carbocycles. The molecule has 70 heavy (non-hydrogen) atoms. The van der Waals surface area contributed by atoms with Gasteiger partial charge in [0.05, 0.1) is 33.4 Å². The highest BCUT2D eigenvalue weighted by Gasteiger charge is 2.33. The Balaban J connectivity index is 1.40. The number of ether oxygens (including phenoxy) is 3. The second kappa shape index (κ2) is 26.1. The molecule has 0 heterocycles. The summed E-state index contributed by atoms with van der Waals surface area (Å²) in [6.45, 7) is 16.4. The molecule has 4 aromatic carbocycles. The lowest BCUT2D eigenvalue weighted by molar-refractivity contribution is -0.133. The van der Waals surface area contributed by atoms with Crippen molar-refractivity contribution in [3.05, 3.63) is 156 Å². The van der Waals surface area contributed by atoms with Crippen molar-refractivity contribution in [1.29, 1.82) is 0 Å². The minimum absolute atomic E-state index is 0.0193. The second-order valence-corrected chi connectivity index (χ2v) is 18.7. The monoisotopic (exact) mass is 954 g/mol. The summed E-state index contributed by atoms with van der Waals surface area (Å²) in [7, 11) is 4.79. The van der Waals surface area contributed by atoms with Crippen molar-refractivity contribution in [3.63, 3.8) is 0 Å². The third-order valence-corrected chi connectivity index (χ3v) is 12.9. The van der Waals surface area contributed by atoms with Gasteiger partial charge < -0.3 is 40.4 Å². The molecule has 0 fully saturated rings. The first-order valence-electron chi connectivity index (χ1n) is 24.1. The number of aromatic hydroxyl groups is 2. The number of benzene rings is 4. The quantitative estimate of drug-likeness (QED) is 0.0403. The van der Waals surface area contributed by atoms with Crippen LogP contribution in [-0.4, -0.2) is 67.0 Å². The van der Waals surface area contributed by atoms with E-state index in [9.17, 15) is 29.4 Å². The Kier molecular flexibility index (Phi) is 20.0. The zero-order valence-electron chi connectivity index (χ0n) is 41.8. The third kappa shape index (κ3) is 15.2. The summed E-state index contributed by atoms with van der Waals surface area (Å²) in [6, 6.07) is 23.2. The number of carbonyl (C=O) groups is 4. The molecule has 0 radical (unpaired) electrons. The van der Waals surface area contributed by atoms with Gasteiger partial charge >= 0.3 is 0 Å². The number of nitrogens with one attached hydrogen (secondary N) is 3. The molecule has 5 rings (SSSR count). The third-order valence-electron chi connectivity index (χ3n) is 12.9. The van der Waals surface area contributed by atoms with Crippen LogP contribution in [0.25, 0.3) is 5.57 Å². The summed E-state index contributed by atoms with van der Waals surface area (Å²) < 4.78 is 17.4. The molecule has 0 aliphatic heterocycles. The molecule has 0 aromatic heterocycles. The number of ketones is 2. The minimum Gasteiger partial charge on any atom is -0.508 e. The number of amides is 2. The number of Topliss-reactive ketones (excluding diaryl/α,β-unsaturated/α-hetero) is 2. The maximum atomic E-state index is 14.6. The first kappa shape index (κ1) is 53.9. The van der Waals surface area contributed by atoms with Gasteiger partial charge in [-0.05, 0) is 127 Å². The first-order chi connectivity index (χ1) is 33.5. The van der Waals surface area contributed by atoms with Gasteiger partial charge in [0.25, 0.3) is 0 Å². The maximum Gasteiger partial charge on any atom is 0.224 e. The van der Waals surface area contributed by atoms with Gasteiger partial charge in [-0.25, -0.2) is 0 Å². The van der Waals surface area contributed by atoms with Crippen molar-refractivity contribution in [2.24, 2.45) is 23.7 Å². The van der Waals surface area contributed by atoms with Crippen LogP contribution in [0.15, 0.2) is 128 Å². The molecule has 5 N–H and O–H groups in total. The number of allylic oxidation sites excluding steroid dienone is 5. The molecule has 0 saturated heterocycles. The van der Waals surface area contributed by atoms with Crippen LogP contribution in [0.5, 0.6) is 28.7 Å². The molecule has 5 atom stereocenters. The zero-order chi connectivity index (χ0) is 50.9. The normalized spacial score (nSPS) is 15.8. The van der Waals surface area contributed by atoms with Crippen LogP contribution in [0, 0.1) is 23.7 Å². The Morgan fingerprint density at radius 1 is 0.771 bits per heavy atom. The fourth-order valence-corrected chi connectivity index (χ4v) is 9.01. The predicted octanol–water partition coefficient (Wildman–Crippen LogP) is 9.57. The predicted molar refractivity (Wildman–Crippen MR) is 276 cm³/mol. The van der Waals surface area contributed by atoms with Crippen LogP contribution < -0.4 is 30.2 Å². The van der Waals surface area contributed by atoms with Crippen LogP contribution in [0.2, 0.25) is 0 Å². The number of carbonyl (C=O) groups excluding carboxylic acids is 4. The van der Waals surface area contributed by atoms with Crippen molar-refractivity contribution < 1.29 is 43.6 Å². The average Bonchev–Trinajstić information content (AvgIpc) is 3.45. The molecule has 4 aromatic rings. The summed E-state index contributed by atoms with van der Waals surface area (Å²) in [5.41, 5.74) is 6.97. The van der Waals surface area contributed by atoms with E-state index in [0.717, 1.165) is 51.8 Å². The van der Waals surface area contributed by atoms with E-state index >= 15 is 0 Å². The smallest absolute Gasteiger partial charge is 0.224 e. The molecule has 12 heteroatoms. The van der Waals surface area contributed by atoms with Crippen molar-refractivity contribution in [2.45, 2.75) is 97.6 Å². The minimum atomic E-state index is -0.890. The number of rotatable bonds is 25. The molecule has 2 amide bonds. The van der Waals surface area contributed by atoms with E-state index in [2.05, 4.69) is 36.0 Å². The molecular formula is C58H71N3O9. The van der Waals surface area contributed by atoms with Gasteiger partial charge in [-0.1, -0.05) is 94.6 Å². The number of fused-ring (bicyclic) bond motifs is 1. The number of hydrogen-bond donors (Lipinski definition) is 5. The number of phenols is 2. The van der Waals surface area contributed by atoms with Gasteiger partial charge in [0.1, 0.15) is 11.5 Å². The Morgan fingerprint density at radius 2 is 1.36 bits per heavy atom. The van der Waals surface area contributed by atoms with Crippen LogP contribution in [0.3, 0.4) is 0 Å². The van der Waals surface area contributed by atoms with E-state index in [1.807, 2.05) is 62.4 Å². The van der Waals surface area contributed by atoms with E-state index in [4.69, 9.17) is 14.2 Å². The largest absolute Gasteiger partial charge is 0.508 e. The van der Waals surface area contributed by atoms with Gasteiger partial charge in [0.15, 0.2) is 23.1 Å². The fraction of sp³-hybridized carbons (Fsp3) is 0.379. The SMILES string of the molecule is C=C(N/C=C/C=C1\C(=C)[C@@H](C)CCc2cc(OC)c(OC)c(OC)c21)[C@@H](CC(=O)[C@H](CC(C)C)NC(=O)[C@@H](CC(=O)[C@H](CCc1ccccc1)NC(C)=O)Cc1ccc(O)cc1)Cc1ccc(O)cc1. The lowest BCUT2D eigenvalue weighted by atomic mass is 9.86.